The van der Waals surface area contributed by atoms with Crippen molar-refractivity contribution in [2.75, 3.05) is 12.4 Å². The van der Waals surface area contributed by atoms with Crippen molar-refractivity contribution < 1.29 is 9.53 Å². The Kier molecular flexibility index (Phi) is 6.90. The summed E-state index contributed by atoms with van der Waals surface area (Å²) in [6.07, 6.45) is 1.61. The molecule has 1 aromatic carbocycles. The summed E-state index contributed by atoms with van der Waals surface area (Å²) in [5.74, 6) is 0.278. The van der Waals surface area contributed by atoms with E-state index in [1.54, 1.807) is 25.1 Å². The average Bonchev–Trinajstić information content (AvgIpc) is 2.54. The highest BCUT2D eigenvalue weighted by Crippen LogP contribution is 2.29. The minimum Gasteiger partial charge on any atom is -0.495 e. The number of carbonyl (C=O) groups is 1. The van der Waals surface area contributed by atoms with Gasteiger partial charge < -0.3 is 15.0 Å². The molecule has 2 N–H and O–H groups in total. The summed E-state index contributed by atoms with van der Waals surface area (Å²) in [5, 5.41) is 3.24. The zero-order valence-corrected chi connectivity index (χ0v) is 15.8. The molecule has 1 aromatic heterocycles. The van der Waals surface area contributed by atoms with Crippen molar-refractivity contribution in [1.29, 1.82) is 0 Å². The maximum atomic E-state index is 12.4. The number of carbonyl (C=O) groups excluding carboxylic acids is 1. The van der Waals surface area contributed by atoms with E-state index in [0.717, 1.165) is 18.5 Å². The van der Waals surface area contributed by atoms with Crippen LogP contribution in [0.25, 0.3) is 0 Å². The zero-order chi connectivity index (χ0) is 18.4. The van der Waals surface area contributed by atoms with Crippen LogP contribution in [0.3, 0.4) is 0 Å². The van der Waals surface area contributed by atoms with Gasteiger partial charge in [0.25, 0.3) is 5.56 Å². The van der Waals surface area contributed by atoms with Crippen LogP contribution in [0.4, 0.5) is 5.69 Å². The minimum absolute atomic E-state index is 0.218. The lowest BCUT2D eigenvalue weighted by Crippen LogP contribution is -2.23. The Labute approximate surface area is 155 Å². The number of thioether (sulfide) groups is 1. The van der Waals surface area contributed by atoms with Gasteiger partial charge in [0.15, 0.2) is 5.16 Å². The van der Waals surface area contributed by atoms with Gasteiger partial charge in [-0.2, -0.15) is 0 Å². The molecule has 0 aliphatic heterocycles. The van der Waals surface area contributed by atoms with Crippen LogP contribution in [0.5, 0.6) is 5.75 Å². The van der Waals surface area contributed by atoms with Crippen LogP contribution in [0.2, 0.25) is 5.02 Å². The van der Waals surface area contributed by atoms with Gasteiger partial charge in [-0.3, -0.25) is 9.59 Å². The van der Waals surface area contributed by atoms with Crippen LogP contribution in [-0.4, -0.2) is 28.2 Å². The van der Waals surface area contributed by atoms with Gasteiger partial charge >= 0.3 is 0 Å². The second-order valence-corrected chi connectivity index (χ2v) is 7.15. The first-order chi connectivity index (χ1) is 11.9. The molecule has 0 aliphatic rings. The van der Waals surface area contributed by atoms with Crippen molar-refractivity contribution in [2.24, 2.45) is 0 Å². The molecule has 8 heteroatoms. The number of ether oxygens (including phenoxy) is 1. The highest BCUT2D eigenvalue weighted by molar-refractivity contribution is 8.00. The Morgan fingerprint density at radius 2 is 2.20 bits per heavy atom. The molecule has 6 nitrogen and oxygen atoms in total. The van der Waals surface area contributed by atoms with Crippen LogP contribution >= 0.6 is 23.4 Å². The third-order valence-corrected chi connectivity index (χ3v) is 4.58. The minimum atomic E-state index is -0.469. The summed E-state index contributed by atoms with van der Waals surface area (Å²) in [6.45, 7) is 3.76. The SMILES string of the molecule is CCCc1cc(=O)[nH]c(S[C@H](C)C(=O)Nc2cc(Cl)ccc2OC)n1. The Morgan fingerprint density at radius 1 is 1.44 bits per heavy atom. The molecule has 0 unspecified atom stereocenters. The van der Waals surface area contributed by atoms with Crippen LogP contribution in [0, 0.1) is 0 Å². The van der Waals surface area contributed by atoms with Crippen LogP contribution in [0.1, 0.15) is 26.0 Å². The fourth-order valence-corrected chi connectivity index (χ4v) is 3.16. The van der Waals surface area contributed by atoms with E-state index < -0.39 is 5.25 Å². The first-order valence-electron chi connectivity index (χ1n) is 7.84. The first kappa shape index (κ1) is 19.3. The molecular formula is C17H20ClN3O3S. The lowest BCUT2D eigenvalue weighted by Gasteiger charge is -2.14. The van der Waals surface area contributed by atoms with E-state index in [2.05, 4.69) is 15.3 Å². The third kappa shape index (κ3) is 5.51. The summed E-state index contributed by atoms with van der Waals surface area (Å²) in [6, 6.07) is 6.47. The number of amides is 1. The number of aromatic amines is 1. The lowest BCUT2D eigenvalue weighted by molar-refractivity contribution is -0.115. The molecule has 0 spiro atoms. The number of anilines is 1. The number of nitrogens with one attached hydrogen (secondary N) is 2. The molecule has 0 fully saturated rings. The molecule has 134 valence electrons. The van der Waals surface area contributed by atoms with Crippen LogP contribution in [0.15, 0.2) is 34.2 Å². The van der Waals surface area contributed by atoms with Crippen molar-refractivity contribution >= 4 is 35.0 Å². The highest BCUT2D eigenvalue weighted by Gasteiger charge is 2.18. The second-order valence-electron chi connectivity index (χ2n) is 5.39. The van der Waals surface area contributed by atoms with Crippen molar-refractivity contribution in [1.82, 2.24) is 9.97 Å². The predicted octanol–water partition coefficient (Wildman–Crippen LogP) is 3.50. The smallest absolute Gasteiger partial charge is 0.251 e. The number of benzene rings is 1. The van der Waals surface area contributed by atoms with E-state index in [9.17, 15) is 9.59 Å². The van der Waals surface area contributed by atoms with E-state index in [1.165, 1.54) is 24.9 Å². The fourth-order valence-electron chi connectivity index (χ4n) is 2.16. The standard InChI is InChI=1S/C17H20ClN3O3S/c1-4-5-12-9-15(22)21-17(19-12)25-10(2)16(23)20-13-8-11(18)6-7-14(13)24-3/h6-10H,4-5H2,1-3H3,(H,20,23)(H,19,21,22)/t10-/m1/s1. The van der Waals surface area contributed by atoms with Gasteiger partial charge in [-0.1, -0.05) is 36.7 Å². The Balaban J connectivity index is 2.11. The lowest BCUT2D eigenvalue weighted by atomic mass is 10.2. The third-order valence-electron chi connectivity index (χ3n) is 3.36. The summed E-state index contributed by atoms with van der Waals surface area (Å²) < 4.78 is 5.22. The van der Waals surface area contributed by atoms with Gasteiger partial charge in [0.1, 0.15) is 5.75 Å². The van der Waals surface area contributed by atoms with Gasteiger partial charge in [0.05, 0.1) is 18.0 Å². The number of rotatable bonds is 7. The molecule has 2 rings (SSSR count). The Bertz CT molecular complexity index is 810. The predicted molar refractivity (Wildman–Crippen MR) is 101 cm³/mol. The molecule has 0 bridgehead atoms. The van der Waals surface area contributed by atoms with Gasteiger partial charge in [-0.15, -0.1) is 0 Å². The largest absolute Gasteiger partial charge is 0.495 e. The number of hydrogen-bond acceptors (Lipinski definition) is 5. The van der Waals surface area contributed by atoms with E-state index in [-0.39, 0.29) is 11.5 Å². The summed E-state index contributed by atoms with van der Waals surface area (Å²) in [7, 11) is 1.52. The summed E-state index contributed by atoms with van der Waals surface area (Å²) in [5.41, 5.74) is 0.997. The molecule has 0 aliphatic carbocycles. The number of nitrogens with zero attached hydrogens (tertiary/aromatic N) is 1. The average molecular weight is 382 g/mol. The number of aryl methyl sites for hydroxylation is 1. The van der Waals surface area contributed by atoms with Crippen molar-refractivity contribution in [3.8, 4) is 5.75 Å². The molecule has 0 saturated carbocycles. The van der Waals surface area contributed by atoms with E-state index in [1.807, 2.05) is 6.92 Å². The van der Waals surface area contributed by atoms with Crippen LogP contribution in [-0.2, 0) is 11.2 Å². The Hall–Kier alpha value is -1.99. The fraction of sp³-hybridized carbons (Fsp3) is 0.353. The molecular weight excluding hydrogens is 362 g/mol. The quantitative estimate of drug-likeness (QED) is 0.566. The number of H-pyrrole nitrogens is 1. The number of methoxy groups -OCH3 is 1. The topological polar surface area (TPSA) is 84.1 Å². The molecule has 25 heavy (non-hydrogen) atoms. The van der Waals surface area contributed by atoms with Gasteiger partial charge in [0, 0.05) is 16.8 Å². The normalized spacial score (nSPS) is 11.8. The molecule has 0 radical (unpaired) electrons. The summed E-state index contributed by atoms with van der Waals surface area (Å²) in [4.78, 5) is 31.2. The number of aromatic nitrogens is 2. The molecule has 1 amide bonds. The van der Waals surface area contributed by atoms with E-state index in [4.69, 9.17) is 16.3 Å². The van der Waals surface area contributed by atoms with E-state index >= 15 is 0 Å². The van der Waals surface area contributed by atoms with Gasteiger partial charge in [-0.05, 0) is 31.5 Å². The maximum Gasteiger partial charge on any atom is 0.251 e. The molecule has 0 saturated heterocycles. The van der Waals surface area contributed by atoms with Crippen LogP contribution < -0.4 is 15.6 Å². The van der Waals surface area contributed by atoms with Gasteiger partial charge in [-0.25, -0.2) is 4.98 Å². The molecule has 1 heterocycles. The summed E-state index contributed by atoms with van der Waals surface area (Å²) >= 11 is 7.16. The van der Waals surface area contributed by atoms with Gasteiger partial charge in [0.2, 0.25) is 5.91 Å². The molecule has 1 atom stereocenters. The number of hydrogen-bond donors (Lipinski definition) is 2. The number of halogens is 1. The first-order valence-corrected chi connectivity index (χ1v) is 9.10. The zero-order valence-electron chi connectivity index (χ0n) is 14.3. The second kappa shape index (κ2) is 8.92. The monoisotopic (exact) mass is 381 g/mol. The van der Waals surface area contributed by atoms with Crippen molar-refractivity contribution in [2.45, 2.75) is 37.1 Å². The van der Waals surface area contributed by atoms with E-state index in [0.29, 0.717) is 21.6 Å². The van der Waals surface area contributed by atoms with Crippen molar-refractivity contribution in [3.05, 3.63) is 45.3 Å². The Morgan fingerprint density at radius 3 is 2.88 bits per heavy atom. The molecule has 2 aromatic rings. The highest BCUT2D eigenvalue weighted by atomic mass is 35.5. The maximum absolute atomic E-state index is 12.4. The van der Waals surface area contributed by atoms with Crippen molar-refractivity contribution in [3.63, 3.8) is 0 Å².